The van der Waals surface area contributed by atoms with E-state index in [0.29, 0.717) is 11.3 Å². The molecule has 1 fully saturated rings. The number of ether oxygens (including phenoxy) is 1. The van der Waals surface area contributed by atoms with Gasteiger partial charge in [-0.2, -0.15) is 0 Å². The van der Waals surface area contributed by atoms with E-state index in [4.69, 9.17) is 4.74 Å². The highest BCUT2D eigenvalue weighted by Gasteiger charge is 2.25. The fourth-order valence-electron chi connectivity index (χ4n) is 2.72. The second-order valence-corrected chi connectivity index (χ2v) is 5.29. The van der Waals surface area contributed by atoms with Crippen LogP contribution in [-0.2, 0) is 0 Å². The Labute approximate surface area is 129 Å². The first-order chi connectivity index (χ1) is 10.8. The van der Waals surface area contributed by atoms with Crippen molar-refractivity contribution in [3.8, 4) is 5.75 Å². The first kappa shape index (κ1) is 14.4. The molecule has 1 N–H and O–H groups in total. The van der Waals surface area contributed by atoms with Crippen LogP contribution in [-0.4, -0.2) is 37.1 Å². The molecule has 1 aliphatic rings. The lowest BCUT2D eigenvalue weighted by molar-refractivity contribution is 0.0937. The monoisotopic (exact) mass is 297 g/mol. The lowest BCUT2D eigenvalue weighted by Crippen LogP contribution is -2.37. The lowest BCUT2D eigenvalue weighted by atomic mass is 10.1. The van der Waals surface area contributed by atoms with E-state index in [2.05, 4.69) is 15.2 Å². The molecule has 0 spiro atoms. The maximum absolute atomic E-state index is 12.4. The maximum atomic E-state index is 12.4. The topological polar surface area (TPSA) is 54.5 Å². The number of carbonyl (C=O) groups is 1. The van der Waals surface area contributed by atoms with Crippen LogP contribution in [0.15, 0.2) is 48.7 Å². The standard InChI is InChI=1S/C17H19N3O2/c1-22-15-7-3-2-6-14(15)17(21)19-13-9-11-20(12-13)16-8-4-5-10-18-16/h2-8,10,13H,9,11-12H2,1H3,(H,19,21). The molecule has 3 rings (SSSR count). The Morgan fingerprint density at radius 1 is 1.27 bits per heavy atom. The van der Waals surface area contributed by atoms with Crippen LogP contribution in [0, 0.1) is 0 Å². The Kier molecular flexibility index (Phi) is 4.23. The van der Waals surface area contributed by atoms with E-state index in [-0.39, 0.29) is 11.9 Å². The number of benzene rings is 1. The molecule has 0 saturated carbocycles. The van der Waals surface area contributed by atoms with E-state index >= 15 is 0 Å². The van der Waals surface area contributed by atoms with E-state index in [9.17, 15) is 4.79 Å². The second-order valence-electron chi connectivity index (χ2n) is 5.29. The third-order valence-corrected chi connectivity index (χ3v) is 3.85. The van der Waals surface area contributed by atoms with Crippen LogP contribution in [0.25, 0.3) is 0 Å². The van der Waals surface area contributed by atoms with Gasteiger partial charge in [0.25, 0.3) is 5.91 Å². The molecular weight excluding hydrogens is 278 g/mol. The summed E-state index contributed by atoms with van der Waals surface area (Å²) in [5, 5.41) is 3.08. The summed E-state index contributed by atoms with van der Waals surface area (Å²) in [6, 6.07) is 13.3. The van der Waals surface area contributed by atoms with E-state index in [1.165, 1.54) is 0 Å². The fraction of sp³-hybridized carbons (Fsp3) is 0.294. The molecule has 1 saturated heterocycles. The smallest absolute Gasteiger partial charge is 0.255 e. The van der Waals surface area contributed by atoms with Crippen molar-refractivity contribution in [3.63, 3.8) is 0 Å². The summed E-state index contributed by atoms with van der Waals surface area (Å²) in [7, 11) is 1.57. The molecule has 0 aliphatic carbocycles. The van der Waals surface area contributed by atoms with Crippen molar-refractivity contribution in [2.24, 2.45) is 0 Å². The molecular formula is C17H19N3O2. The van der Waals surface area contributed by atoms with Gasteiger partial charge in [0.1, 0.15) is 11.6 Å². The van der Waals surface area contributed by atoms with Gasteiger partial charge in [0.2, 0.25) is 0 Å². The number of anilines is 1. The minimum atomic E-state index is -0.0923. The quantitative estimate of drug-likeness (QED) is 0.939. The van der Waals surface area contributed by atoms with Gasteiger partial charge < -0.3 is 15.0 Å². The Hall–Kier alpha value is -2.56. The molecule has 1 unspecified atom stereocenters. The highest BCUT2D eigenvalue weighted by molar-refractivity contribution is 5.97. The van der Waals surface area contributed by atoms with Crippen LogP contribution < -0.4 is 15.0 Å². The maximum Gasteiger partial charge on any atom is 0.255 e. The number of para-hydroxylation sites is 1. The van der Waals surface area contributed by atoms with Crippen LogP contribution in [0.1, 0.15) is 16.8 Å². The van der Waals surface area contributed by atoms with Crippen molar-refractivity contribution in [3.05, 3.63) is 54.2 Å². The van der Waals surface area contributed by atoms with Crippen LogP contribution >= 0.6 is 0 Å². The van der Waals surface area contributed by atoms with Crippen LogP contribution in [0.4, 0.5) is 5.82 Å². The predicted octanol–water partition coefficient (Wildman–Crippen LogP) is 2.10. The van der Waals surface area contributed by atoms with Gasteiger partial charge in [-0.3, -0.25) is 4.79 Å². The number of hydrogen-bond donors (Lipinski definition) is 1. The molecule has 1 atom stereocenters. The highest BCUT2D eigenvalue weighted by atomic mass is 16.5. The molecule has 0 radical (unpaired) electrons. The average molecular weight is 297 g/mol. The molecule has 0 bridgehead atoms. The van der Waals surface area contributed by atoms with Crippen LogP contribution in [0.5, 0.6) is 5.75 Å². The first-order valence-corrected chi connectivity index (χ1v) is 7.38. The van der Waals surface area contributed by atoms with E-state index in [1.807, 2.05) is 30.3 Å². The minimum Gasteiger partial charge on any atom is -0.496 e. The van der Waals surface area contributed by atoms with E-state index in [0.717, 1.165) is 25.3 Å². The number of aromatic nitrogens is 1. The summed E-state index contributed by atoms with van der Waals surface area (Å²) < 4.78 is 5.24. The number of carbonyl (C=O) groups excluding carboxylic acids is 1. The molecule has 5 nitrogen and oxygen atoms in total. The molecule has 5 heteroatoms. The normalized spacial score (nSPS) is 17.3. The van der Waals surface area contributed by atoms with Gasteiger partial charge in [0.05, 0.1) is 12.7 Å². The minimum absolute atomic E-state index is 0.0923. The molecule has 22 heavy (non-hydrogen) atoms. The summed E-state index contributed by atoms with van der Waals surface area (Å²) in [6.45, 7) is 1.67. The third kappa shape index (κ3) is 3.03. The summed E-state index contributed by atoms with van der Waals surface area (Å²) in [5.41, 5.74) is 0.571. The van der Waals surface area contributed by atoms with Gasteiger partial charge in [-0.25, -0.2) is 4.98 Å². The van der Waals surface area contributed by atoms with Crippen molar-refractivity contribution in [2.45, 2.75) is 12.5 Å². The highest BCUT2D eigenvalue weighted by Crippen LogP contribution is 2.20. The number of nitrogens with one attached hydrogen (secondary N) is 1. The van der Waals surface area contributed by atoms with Gasteiger partial charge in [-0.05, 0) is 30.7 Å². The number of methoxy groups -OCH3 is 1. The average Bonchev–Trinajstić information content (AvgIpc) is 3.04. The number of nitrogens with zero attached hydrogens (tertiary/aromatic N) is 2. The largest absolute Gasteiger partial charge is 0.496 e. The number of hydrogen-bond acceptors (Lipinski definition) is 4. The fourth-order valence-corrected chi connectivity index (χ4v) is 2.72. The van der Waals surface area contributed by atoms with Crippen LogP contribution in [0.2, 0.25) is 0 Å². The number of pyridine rings is 1. The Balaban J connectivity index is 1.64. The van der Waals surface area contributed by atoms with E-state index in [1.54, 1.807) is 25.4 Å². The molecule has 1 aromatic carbocycles. The Morgan fingerprint density at radius 3 is 2.86 bits per heavy atom. The zero-order chi connectivity index (χ0) is 15.4. The van der Waals surface area contributed by atoms with Gasteiger partial charge in [-0.15, -0.1) is 0 Å². The number of amides is 1. The Bertz CT molecular complexity index is 645. The van der Waals surface area contributed by atoms with Crippen LogP contribution in [0.3, 0.4) is 0 Å². The van der Waals surface area contributed by atoms with Gasteiger partial charge in [0.15, 0.2) is 0 Å². The molecule has 2 heterocycles. The summed E-state index contributed by atoms with van der Waals surface area (Å²) in [6.07, 6.45) is 2.70. The SMILES string of the molecule is COc1ccccc1C(=O)NC1CCN(c2ccccn2)C1. The van der Waals surface area contributed by atoms with Crippen molar-refractivity contribution >= 4 is 11.7 Å². The number of rotatable bonds is 4. The van der Waals surface area contributed by atoms with E-state index < -0.39 is 0 Å². The van der Waals surface area contributed by atoms with Crippen molar-refractivity contribution in [1.29, 1.82) is 0 Å². The molecule has 114 valence electrons. The van der Waals surface area contributed by atoms with Crippen molar-refractivity contribution in [2.75, 3.05) is 25.1 Å². The molecule has 2 aromatic rings. The predicted molar refractivity (Wildman–Crippen MR) is 85.3 cm³/mol. The van der Waals surface area contributed by atoms with Crippen molar-refractivity contribution < 1.29 is 9.53 Å². The summed E-state index contributed by atoms with van der Waals surface area (Å²) in [5.74, 6) is 1.46. The first-order valence-electron chi connectivity index (χ1n) is 7.38. The lowest BCUT2D eigenvalue weighted by Gasteiger charge is -2.18. The molecule has 1 amide bonds. The molecule has 1 aliphatic heterocycles. The zero-order valence-electron chi connectivity index (χ0n) is 12.5. The second kappa shape index (κ2) is 6.47. The van der Waals surface area contributed by atoms with Gasteiger partial charge in [0, 0.05) is 25.3 Å². The van der Waals surface area contributed by atoms with Crippen molar-refractivity contribution in [1.82, 2.24) is 10.3 Å². The van der Waals surface area contributed by atoms with Gasteiger partial charge in [-0.1, -0.05) is 18.2 Å². The molecule has 1 aromatic heterocycles. The summed E-state index contributed by atoms with van der Waals surface area (Å²) in [4.78, 5) is 18.9. The summed E-state index contributed by atoms with van der Waals surface area (Å²) >= 11 is 0. The third-order valence-electron chi connectivity index (χ3n) is 3.85. The zero-order valence-corrected chi connectivity index (χ0v) is 12.5. The Morgan fingerprint density at radius 2 is 2.09 bits per heavy atom. The van der Waals surface area contributed by atoms with Gasteiger partial charge >= 0.3 is 0 Å².